The molecule has 0 unspecified atom stereocenters. The second-order valence-electron chi connectivity index (χ2n) is 5.23. The Balaban J connectivity index is 0.00000312. The van der Waals surface area contributed by atoms with Gasteiger partial charge >= 0.3 is 0 Å². The molecule has 0 fully saturated rings. The monoisotopic (exact) mass is 520 g/mol. The lowest BCUT2D eigenvalue weighted by atomic mass is 10.2. The zero-order valence-electron chi connectivity index (χ0n) is 14.3. The van der Waals surface area contributed by atoms with Crippen LogP contribution in [0.2, 0.25) is 0 Å². The summed E-state index contributed by atoms with van der Waals surface area (Å²) in [6, 6.07) is 7.68. The van der Waals surface area contributed by atoms with Crippen LogP contribution in [0.4, 0.5) is 5.69 Å². The maximum absolute atomic E-state index is 12.1. The summed E-state index contributed by atoms with van der Waals surface area (Å²) in [5.74, 6) is 0.414. The number of aryl methyl sites for hydroxylation is 2. The van der Waals surface area contributed by atoms with Gasteiger partial charge in [0.2, 0.25) is 5.91 Å². The average molecular weight is 521 g/mol. The van der Waals surface area contributed by atoms with Crippen molar-refractivity contribution in [3.05, 3.63) is 46.2 Å². The topological polar surface area (TPSA) is 83.3 Å². The highest BCUT2D eigenvalue weighted by atomic mass is 127. The third-order valence-electron chi connectivity index (χ3n) is 3.47. The van der Waals surface area contributed by atoms with E-state index < -0.39 is 0 Å². The van der Waals surface area contributed by atoms with Gasteiger partial charge in [-0.2, -0.15) is 5.10 Å². The minimum atomic E-state index is -0.139. The molecule has 7 nitrogen and oxygen atoms in total. The number of carbonyl (C=O) groups is 1. The van der Waals surface area contributed by atoms with Crippen molar-refractivity contribution in [3.8, 4) is 0 Å². The molecular weight excluding hydrogens is 499 g/mol. The fourth-order valence-electron chi connectivity index (χ4n) is 2.06. The molecule has 0 bridgehead atoms. The van der Waals surface area contributed by atoms with Crippen molar-refractivity contribution < 1.29 is 4.79 Å². The lowest BCUT2D eigenvalue weighted by Gasteiger charge is -2.13. The number of nitrogens with one attached hydrogen (secondary N) is 3. The number of rotatable bonds is 5. The van der Waals surface area contributed by atoms with E-state index in [0.717, 1.165) is 21.4 Å². The Bertz CT molecular complexity index is 746. The van der Waals surface area contributed by atoms with Gasteiger partial charge in [0.15, 0.2) is 5.96 Å². The summed E-state index contributed by atoms with van der Waals surface area (Å²) in [6.07, 6.45) is 1.74. The summed E-state index contributed by atoms with van der Waals surface area (Å²) < 4.78 is 2.70. The normalized spacial score (nSPS) is 10.8. The molecule has 0 radical (unpaired) electrons. The Kier molecular flexibility index (Phi) is 8.90. The molecule has 1 heterocycles. The molecule has 0 aliphatic rings. The van der Waals surface area contributed by atoms with Gasteiger partial charge in [-0.1, -0.05) is 22.0 Å². The number of benzene rings is 1. The predicted molar refractivity (Wildman–Crippen MR) is 114 cm³/mol. The molecule has 1 aromatic carbocycles. The van der Waals surface area contributed by atoms with Crippen LogP contribution in [0, 0.1) is 6.92 Å². The third kappa shape index (κ3) is 6.65. The molecule has 3 N–H and O–H groups in total. The van der Waals surface area contributed by atoms with Crippen LogP contribution in [0.1, 0.15) is 11.3 Å². The first-order valence-corrected chi connectivity index (χ1v) is 8.26. The minimum absolute atomic E-state index is 0. The fourth-order valence-corrected chi connectivity index (χ4v) is 2.42. The van der Waals surface area contributed by atoms with Crippen molar-refractivity contribution >= 4 is 57.5 Å². The van der Waals surface area contributed by atoms with Gasteiger partial charge < -0.3 is 16.0 Å². The van der Waals surface area contributed by atoms with Crippen LogP contribution in [0.5, 0.6) is 0 Å². The highest BCUT2D eigenvalue weighted by Crippen LogP contribution is 2.20. The predicted octanol–water partition coefficient (Wildman–Crippen LogP) is 2.41. The van der Waals surface area contributed by atoms with E-state index in [9.17, 15) is 4.79 Å². The van der Waals surface area contributed by atoms with E-state index in [0.29, 0.717) is 12.5 Å². The smallest absolute Gasteiger partial charge is 0.243 e. The molecule has 1 amide bonds. The first-order chi connectivity index (χ1) is 11.5. The fraction of sp³-hybridized carbons (Fsp3) is 0.312. The summed E-state index contributed by atoms with van der Waals surface area (Å²) in [7, 11) is 3.54. The molecule has 25 heavy (non-hydrogen) atoms. The Labute approximate surface area is 172 Å². The summed E-state index contributed by atoms with van der Waals surface area (Å²) in [5, 5.41) is 13.1. The van der Waals surface area contributed by atoms with Crippen molar-refractivity contribution in [1.82, 2.24) is 20.4 Å². The Morgan fingerprint density at radius 2 is 2.08 bits per heavy atom. The molecular formula is C16H22BrIN6O. The number of guanidine groups is 1. The van der Waals surface area contributed by atoms with E-state index in [1.165, 1.54) is 0 Å². The number of hydrogen-bond acceptors (Lipinski definition) is 3. The molecule has 0 atom stereocenters. The van der Waals surface area contributed by atoms with Crippen molar-refractivity contribution in [2.45, 2.75) is 13.5 Å². The Morgan fingerprint density at radius 3 is 2.72 bits per heavy atom. The highest BCUT2D eigenvalue weighted by Gasteiger charge is 2.07. The van der Waals surface area contributed by atoms with Crippen molar-refractivity contribution in [2.75, 3.05) is 18.9 Å². The van der Waals surface area contributed by atoms with Crippen LogP contribution in [-0.4, -0.2) is 35.2 Å². The zero-order chi connectivity index (χ0) is 17.5. The van der Waals surface area contributed by atoms with E-state index in [-0.39, 0.29) is 36.4 Å². The average Bonchev–Trinajstić information content (AvgIpc) is 2.96. The lowest BCUT2D eigenvalue weighted by molar-refractivity contribution is -0.115. The maximum atomic E-state index is 12.1. The second kappa shape index (κ2) is 10.4. The van der Waals surface area contributed by atoms with Gasteiger partial charge in [0.1, 0.15) is 0 Å². The SMILES string of the molecule is CN=C(NCC(=O)Nc1cc(Br)ccc1C)NCc1ccnn1C.I. The number of anilines is 1. The van der Waals surface area contributed by atoms with E-state index in [1.54, 1.807) is 17.9 Å². The number of nitrogens with zero attached hydrogens (tertiary/aromatic N) is 3. The summed E-state index contributed by atoms with van der Waals surface area (Å²) in [4.78, 5) is 16.2. The molecule has 2 aromatic rings. The van der Waals surface area contributed by atoms with E-state index >= 15 is 0 Å². The quantitative estimate of drug-likeness (QED) is 0.321. The number of aromatic nitrogens is 2. The molecule has 1 aromatic heterocycles. The second-order valence-corrected chi connectivity index (χ2v) is 6.15. The minimum Gasteiger partial charge on any atom is -0.351 e. The van der Waals surface area contributed by atoms with Gasteiger partial charge in [0.05, 0.1) is 18.8 Å². The third-order valence-corrected chi connectivity index (χ3v) is 3.97. The molecule has 0 saturated heterocycles. The Hall–Kier alpha value is -1.62. The number of halogens is 2. The molecule has 9 heteroatoms. The van der Waals surface area contributed by atoms with Crippen LogP contribution in [0.15, 0.2) is 39.9 Å². The first kappa shape index (κ1) is 21.4. The highest BCUT2D eigenvalue weighted by molar-refractivity contribution is 14.0. The molecule has 0 aliphatic carbocycles. The van der Waals surface area contributed by atoms with E-state index in [1.807, 2.05) is 38.2 Å². The lowest BCUT2D eigenvalue weighted by Crippen LogP contribution is -2.41. The molecule has 2 rings (SSSR count). The Morgan fingerprint density at radius 1 is 1.32 bits per heavy atom. The first-order valence-electron chi connectivity index (χ1n) is 7.47. The molecule has 136 valence electrons. The van der Waals surface area contributed by atoms with Gasteiger partial charge in [-0.05, 0) is 30.7 Å². The van der Waals surface area contributed by atoms with Gasteiger partial charge in [-0.25, -0.2) is 0 Å². The zero-order valence-corrected chi connectivity index (χ0v) is 18.3. The van der Waals surface area contributed by atoms with E-state index in [4.69, 9.17) is 0 Å². The largest absolute Gasteiger partial charge is 0.351 e. The summed E-state index contributed by atoms with van der Waals surface area (Å²) in [5.41, 5.74) is 2.81. The maximum Gasteiger partial charge on any atom is 0.243 e. The summed E-state index contributed by atoms with van der Waals surface area (Å²) in [6.45, 7) is 2.64. The van der Waals surface area contributed by atoms with Crippen LogP contribution < -0.4 is 16.0 Å². The van der Waals surface area contributed by atoms with Gasteiger partial charge in [-0.15, -0.1) is 24.0 Å². The molecule has 0 saturated carbocycles. The van der Waals surface area contributed by atoms with Gasteiger partial charge in [0, 0.05) is 30.5 Å². The number of aliphatic imine (C=N–C) groups is 1. The molecule has 0 aliphatic heterocycles. The van der Waals surface area contributed by atoms with Crippen molar-refractivity contribution in [2.24, 2.45) is 12.0 Å². The number of hydrogen-bond donors (Lipinski definition) is 3. The van der Waals surface area contributed by atoms with E-state index in [2.05, 4.69) is 42.0 Å². The van der Waals surface area contributed by atoms with Crippen LogP contribution in [0.3, 0.4) is 0 Å². The van der Waals surface area contributed by atoms with Gasteiger partial charge in [0.25, 0.3) is 0 Å². The van der Waals surface area contributed by atoms with Crippen LogP contribution >= 0.6 is 39.9 Å². The molecule has 0 spiro atoms. The van der Waals surface area contributed by atoms with Gasteiger partial charge in [-0.3, -0.25) is 14.5 Å². The number of carbonyl (C=O) groups excluding carboxylic acids is 1. The van der Waals surface area contributed by atoms with Crippen molar-refractivity contribution in [3.63, 3.8) is 0 Å². The van der Waals surface area contributed by atoms with Crippen LogP contribution in [-0.2, 0) is 18.4 Å². The van der Waals surface area contributed by atoms with Crippen LogP contribution in [0.25, 0.3) is 0 Å². The number of amides is 1. The standard InChI is InChI=1S/C16H21BrN6O.HI/c1-11-4-5-12(17)8-14(11)22-15(24)10-20-16(18-2)19-9-13-6-7-21-23(13)3;/h4-8H,9-10H2,1-3H3,(H,22,24)(H2,18,19,20);1H. The van der Waals surface area contributed by atoms with Crippen molar-refractivity contribution in [1.29, 1.82) is 0 Å². The summed E-state index contributed by atoms with van der Waals surface area (Å²) >= 11 is 3.40.